The number of carboxylic acid groups (broad SMARTS) is 2. The maximum atomic E-state index is 11.8. The van der Waals surface area contributed by atoms with Gasteiger partial charge in [0.05, 0.1) is 6.54 Å². The van der Waals surface area contributed by atoms with Crippen molar-refractivity contribution in [3.05, 3.63) is 29.8 Å². The number of guanidine groups is 1. The lowest BCUT2D eigenvalue weighted by molar-refractivity contribution is -0.164. The molecule has 1 heterocycles. The Morgan fingerprint density at radius 3 is 2.02 bits per heavy atom. The van der Waals surface area contributed by atoms with E-state index in [1.54, 1.807) is 24.3 Å². The summed E-state index contributed by atoms with van der Waals surface area (Å²) in [5.74, 6) is -4.60. The van der Waals surface area contributed by atoms with Gasteiger partial charge >= 0.3 is 35.8 Å². The summed E-state index contributed by atoms with van der Waals surface area (Å²) in [6, 6.07) is 2.49. The Balaban J connectivity index is 0.000000799. The molecule has 21 heteroatoms. The summed E-state index contributed by atoms with van der Waals surface area (Å²) in [5.41, 5.74) is 38.1. The third-order valence-electron chi connectivity index (χ3n) is 7.32. The topological polar surface area (TPSA) is 401 Å². The second kappa shape index (κ2) is 26.9. The molecule has 0 bridgehead atoms. The summed E-state index contributed by atoms with van der Waals surface area (Å²) in [5, 5.41) is 29.4. The van der Waals surface area contributed by atoms with Crippen LogP contribution in [0.25, 0.3) is 0 Å². The summed E-state index contributed by atoms with van der Waals surface area (Å²) >= 11 is 0. The van der Waals surface area contributed by atoms with Gasteiger partial charge in [0.1, 0.15) is 42.1 Å². The predicted molar refractivity (Wildman–Crippen MR) is 192 cm³/mol. The number of carbonyl (C=O) groups is 6. The molecule has 0 aliphatic carbocycles. The van der Waals surface area contributed by atoms with E-state index in [1.165, 1.54) is 6.92 Å². The van der Waals surface area contributed by atoms with E-state index in [4.69, 9.17) is 65.2 Å². The van der Waals surface area contributed by atoms with Crippen molar-refractivity contribution in [2.24, 2.45) is 40.1 Å². The fraction of sp³-hybridized carbons (Fsp3) is 0.594. The van der Waals surface area contributed by atoms with Crippen LogP contribution in [0, 0.1) is 5.41 Å². The van der Waals surface area contributed by atoms with Gasteiger partial charge in [-0.1, -0.05) is 18.6 Å². The highest BCUT2D eigenvalue weighted by atomic mass is 16.6. The first kappa shape index (κ1) is 48.2. The van der Waals surface area contributed by atoms with Crippen molar-refractivity contribution in [1.82, 2.24) is 10.6 Å². The zero-order valence-corrected chi connectivity index (χ0v) is 29.9. The number of nitrogens with one attached hydrogen (secondary N) is 3. The number of carboxylic acids is 2. The molecule has 1 aromatic carbocycles. The van der Waals surface area contributed by atoms with Crippen LogP contribution < -0.4 is 55.5 Å². The molecule has 0 amide bonds. The zero-order valence-electron chi connectivity index (χ0n) is 29.9. The van der Waals surface area contributed by atoms with Crippen molar-refractivity contribution in [2.75, 3.05) is 26.2 Å². The lowest BCUT2D eigenvalue weighted by atomic mass is 10.1. The largest absolute Gasteiger partial charge is 0.480 e. The van der Waals surface area contributed by atoms with E-state index in [0.717, 1.165) is 31.4 Å². The van der Waals surface area contributed by atoms with Crippen LogP contribution in [0.3, 0.4) is 0 Å². The Morgan fingerprint density at radius 1 is 0.906 bits per heavy atom. The number of rotatable bonds is 19. The Hall–Kier alpha value is -4.77. The summed E-state index contributed by atoms with van der Waals surface area (Å²) in [4.78, 5) is 66.6. The van der Waals surface area contributed by atoms with Gasteiger partial charge in [-0.25, -0.2) is 9.59 Å². The number of benzene rings is 1. The van der Waals surface area contributed by atoms with Crippen molar-refractivity contribution in [3.8, 4) is 5.75 Å². The van der Waals surface area contributed by atoms with Gasteiger partial charge in [0.15, 0.2) is 5.96 Å². The average Bonchev–Trinajstić information content (AvgIpc) is 3.66. The molecule has 1 saturated heterocycles. The average molecular weight is 757 g/mol. The van der Waals surface area contributed by atoms with Crippen LogP contribution in [0.2, 0.25) is 0 Å². The second-order valence-electron chi connectivity index (χ2n) is 11.8. The van der Waals surface area contributed by atoms with Crippen molar-refractivity contribution >= 4 is 41.8 Å². The first-order valence-corrected chi connectivity index (χ1v) is 16.9. The summed E-state index contributed by atoms with van der Waals surface area (Å²) in [6.45, 7) is 2.86. The van der Waals surface area contributed by atoms with E-state index in [0.29, 0.717) is 44.5 Å². The number of esters is 4. The quantitative estimate of drug-likeness (QED) is 0.0164. The maximum Gasteiger partial charge on any atom is 0.334 e. The smallest absolute Gasteiger partial charge is 0.334 e. The number of carbonyl (C=O) groups excluding carboxylic acids is 4. The molecule has 0 aromatic heterocycles. The van der Waals surface area contributed by atoms with Gasteiger partial charge < -0.3 is 75.2 Å². The number of aliphatic carboxylic acids is 2. The van der Waals surface area contributed by atoms with Gasteiger partial charge in [-0.3, -0.25) is 24.6 Å². The number of hydrogen-bond acceptors (Lipinski definition) is 17. The molecule has 53 heavy (non-hydrogen) atoms. The fourth-order valence-electron chi connectivity index (χ4n) is 4.16. The summed E-state index contributed by atoms with van der Waals surface area (Å²) < 4.78 is 14.6. The number of hydrogen-bond donors (Lipinski definition) is 12. The highest BCUT2D eigenvalue weighted by molar-refractivity contribution is 5.89. The lowest BCUT2D eigenvalue weighted by Gasteiger charge is -2.20. The molecule has 0 saturated carbocycles. The van der Waals surface area contributed by atoms with E-state index in [9.17, 15) is 28.8 Å². The normalized spacial score (nSPS) is 16.0. The van der Waals surface area contributed by atoms with Gasteiger partial charge in [-0.2, -0.15) is 0 Å². The highest BCUT2D eigenvalue weighted by Crippen LogP contribution is 2.15. The second-order valence-corrected chi connectivity index (χ2v) is 11.8. The van der Waals surface area contributed by atoms with Gasteiger partial charge in [0.2, 0.25) is 0 Å². The molecular formula is C32H56N10O11. The van der Waals surface area contributed by atoms with Crippen LogP contribution in [0.15, 0.2) is 24.3 Å². The lowest BCUT2D eigenvalue weighted by Crippen LogP contribution is -2.46. The molecule has 1 fully saturated rings. The van der Waals surface area contributed by atoms with Crippen LogP contribution in [0.5, 0.6) is 5.75 Å². The molecule has 1 aromatic rings. The van der Waals surface area contributed by atoms with E-state index >= 15 is 0 Å². The van der Waals surface area contributed by atoms with E-state index in [-0.39, 0.29) is 18.4 Å². The molecular weight excluding hydrogens is 700 g/mol. The molecule has 19 N–H and O–H groups in total. The van der Waals surface area contributed by atoms with Crippen molar-refractivity contribution in [2.45, 2.75) is 94.6 Å². The third kappa shape index (κ3) is 22.0. The van der Waals surface area contributed by atoms with Crippen LogP contribution in [0.4, 0.5) is 0 Å². The van der Waals surface area contributed by atoms with Crippen LogP contribution in [-0.4, -0.2) is 114 Å². The molecule has 0 spiro atoms. The van der Waals surface area contributed by atoms with Gasteiger partial charge in [0.25, 0.3) is 0 Å². The minimum absolute atomic E-state index is 0.112. The molecule has 1 aliphatic rings. The number of nitrogens with two attached hydrogens (primary N) is 7. The Bertz CT molecular complexity index is 1310. The molecule has 6 atom stereocenters. The Labute approximate surface area is 307 Å². The fourth-order valence-corrected chi connectivity index (χ4v) is 4.16. The SMILES string of the molecule is C[C@@H](OC(=O)[C@@H]1CCCN1)[C@H](N)C(=O)OC(=O)CN.N=C(N)NCCC[C@H](N)C(=O)O.NCCCC[C@H](N)C(=O)Oc1ccc(C[C@H](N)C(=O)O)cc1. The standard InChI is InChI=1S/C15H23N3O4.C11H19N3O5.C6H14N4O2/c16-8-2-1-3-12(17)15(21)22-11-6-4-10(5-7-11)9-13(18)14(19)20;1-6(9(13)11(17)19-8(15)5-12)18-10(16)7-3-2-4-14-7;7-4(5(11)12)2-1-3-10-6(8)9/h4-7,12-13H,1-3,8-9,16-18H2,(H,19,20);6-7,9,14H,2-5,12-13H2,1H3;4H,1-3,7H2,(H,11,12)(H4,8,9,10)/t12-,13-;6-,7+,9+;4-/m010/s1. The van der Waals surface area contributed by atoms with E-state index < -0.39 is 72.6 Å². The van der Waals surface area contributed by atoms with Crippen molar-refractivity contribution in [3.63, 3.8) is 0 Å². The van der Waals surface area contributed by atoms with Crippen LogP contribution in [0.1, 0.15) is 57.4 Å². The molecule has 0 unspecified atom stereocenters. The van der Waals surface area contributed by atoms with Crippen molar-refractivity contribution < 1.29 is 53.2 Å². The zero-order chi connectivity index (χ0) is 40.5. The van der Waals surface area contributed by atoms with Crippen LogP contribution in [-0.2, 0) is 44.7 Å². The van der Waals surface area contributed by atoms with Crippen LogP contribution >= 0.6 is 0 Å². The molecule has 21 nitrogen and oxygen atoms in total. The third-order valence-corrected chi connectivity index (χ3v) is 7.32. The molecule has 300 valence electrons. The van der Waals surface area contributed by atoms with Gasteiger partial charge in [0, 0.05) is 6.54 Å². The van der Waals surface area contributed by atoms with Gasteiger partial charge in [-0.05, 0) is 82.7 Å². The Morgan fingerprint density at radius 2 is 1.51 bits per heavy atom. The molecule has 2 rings (SSSR count). The number of unbranched alkanes of at least 4 members (excludes halogenated alkanes) is 1. The Kier molecular flexibility index (Phi) is 24.5. The minimum atomic E-state index is -1.22. The molecule has 0 radical (unpaired) electrons. The van der Waals surface area contributed by atoms with E-state index in [1.807, 2.05) is 0 Å². The van der Waals surface area contributed by atoms with Gasteiger partial charge in [-0.15, -0.1) is 0 Å². The molecule has 1 aliphatic heterocycles. The first-order valence-electron chi connectivity index (χ1n) is 16.9. The number of ether oxygens (including phenoxy) is 3. The predicted octanol–water partition coefficient (Wildman–Crippen LogP) is -3.31. The first-order chi connectivity index (χ1) is 24.9. The minimum Gasteiger partial charge on any atom is -0.480 e. The summed E-state index contributed by atoms with van der Waals surface area (Å²) in [7, 11) is 0. The van der Waals surface area contributed by atoms with Crippen molar-refractivity contribution in [1.29, 1.82) is 5.41 Å². The monoisotopic (exact) mass is 756 g/mol. The highest BCUT2D eigenvalue weighted by Gasteiger charge is 2.31. The maximum absolute atomic E-state index is 11.8. The van der Waals surface area contributed by atoms with E-state index in [2.05, 4.69) is 15.4 Å². The summed E-state index contributed by atoms with van der Waals surface area (Å²) in [6.07, 6.45) is 4.02.